The van der Waals surface area contributed by atoms with Gasteiger partial charge in [0.1, 0.15) is 5.75 Å². The van der Waals surface area contributed by atoms with Gasteiger partial charge in [-0.3, -0.25) is 0 Å². The minimum absolute atomic E-state index is 0.0422. The summed E-state index contributed by atoms with van der Waals surface area (Å²) in [7, 11) is 3.76. The summed E-state index contributed by atoms with van der Waals surface area (Å²) in [5.74, 6) is 0.878. The first-order valence-corrected chi connectivity index (χ1v) is 6.20. The van der Waals surface area contributed by atoms with E-state index in [4.69, 9.17) is 22.1 Å². The number of hydrogen-bond acceptors (Lipinski definition) is 3. The molecule has 0 aliphatic heterocycles. The summed E-state index contributed by atoms with van der Waals surface area (Å²) in [6.45, 7) is 1.73. The second kappa shape index (κ2) is 4.84. The van der Waals surface area contributed by atoms with Crippen molar-refractivity contribution < 1.29 is 4.74 Å². The van der Waals surface area contributed by atoms with Gasteiger partial charge in [-0.05, 0) is 38.1 Å². The van der Waals surface area contributed by atoms with Crippen LogP contribution >= 0.6 is 11.6 Å². The van der Waals surface area contributed by atoms with E-state index in [1.807, 2.05) is 18.2 Å². The zero-order valence-electron chi connectivity index (χ0n) is 10.4. The van der Waals surface area contributed by atoms with E-state index >= 15 is 0 Å². The first-order chi connectivity index (χ1) is 8.02. The van der Waals surface area contributed by atoms with Crippen molar-refractivity contribution in [1.82, 2.24) is 4.90 Å². The van der Waals surface area contributed by atoms with Crippen molar-refractivity contribution in [3.63, 3.8) is 0 Å². The molecule has 0 amide bonds. The molecule has 1 aliphatic carbocycles. The molecule has 1 aromatic rings. The molecule has 1 fully saturated rings. The highest BCUT2D eigenvalue weighted by molar-refractivity contribution is 6.30. The second-order valence-corrected chi connectivity index (χ2v) is 5.43. The molecule has 17 heavy (non-hydrogen) atoms. The van der Waals surface area contributed by atoms with Crippen molar-refractivity contribution in [3.8, 4) is 5.75 Å². The van der Waals surface area contributed by atoms with Crippen molar-refractivity contribution in [1.29, 1.82) is 0 Å². The first kappa shape index (κ1) is 12.7. The van der Waals surface area contributed by atoms with Crippen LogP contribution in [0.2, 0.25) is 5.02 Å². The van der Waals surface area contributed by atoms with Gasteiger partial charge in [-0.1, -0.05) is 11.6 Å². The molecular formula is C13H19ClN2O. The Hall–Kier alpha value is -0.770. The van der Waals surface area contributed by atoms with Crippen LogP contribution in [-0.2, 0) is 6.54 Å². The quantitative estimate of drug-likeness (QED) is 0.876. The molecule has 94 valence electrons. The predicted molar refractivity (Wildman–Crippen MR) is 70.5 cm³/mol. The number of halogens is 1. The molecule has 2 N–H and O–H groups in total. The Kier molecular flexibility index (Phi) is 3.61. The number of likely N-dealkylation sites (N-methyl/N-ethyl adjacent to an activating group) is 1. The van der Waals surface area contributed by atoms with Crippen molar-refractivity contribution in [2.24, 2.45) is 5.73 Å². The summed E-state index contributed by atoms with van der Waals surface area (Å²) in [4.78, 5) is 2.22. The highest BCUT2D eigenvalue weighted by Crippen LogP contribution is 2.33. The second-order valence-electron chi connectivity index (χ2n) is 4.99. The highest BCUT2D eigenvalue weighted by atomic mass is 35.5. The first-order valence-electron chi connectivity index (χ1n) is 5.82. The Bertz CT molecular complexity index is 404. The largest absolute Gasteiger partial charge is 0.496 e. The van der Waals surface area contributed by atoms with E-state index in [-0.39, 0.29) is 5.54 Å². The van der Waals surface area contributed by atoms with Gasteiger partial charge in [0.15, 0.2) is 0 Å². The Morgan fingerprint density at radius 3 is 2.76 bits per heavy atom. The zero-order valence-corrected chi connectivity index (χ0v) is 11.1. The number of hydrogen-bond donors (Lipinski definition) is 1. The Morgan fingerprint density at radius 1 is 1.47 bits per heavy atom. The van der Waals surface area contributed by atoms with Crippen LogP contribution in [0.5, 0.6) is 5.75 Å². The lowest BCUT2D eigenvalue weighted by atomic mass is 10.1. The molecule has 0 radical (unpaired) electrons. The summed E-state index contributed by atoms with van der Waals surface area (Å²) < 4.78 is 5.33. The summed E-state index contributed by atoms with van der Waals surface area (Å²) >= 11 is 6.00. The number of nitrogens with two attached hydrogens (primary N) is 1. The predicted octanol–water partition coefficient (Wildman–Crippen LogP) is 2.27. The van der Waals surface area contributed by atoms with Crippen molar-refractivity contribution in [2.45, 2.75) is 24.9 Å². The highest BCUT2D eigenvalue weighted by Gasteiger charge is 2.38. The van der Waals surface area contributed by atoms with Gasteiger partial charge in [0, 0.05) is 29.2 Å². The standard InChI is InChI=1S/C13H19ClN2O/c1-16(9-13(15)5-6-13)8-10-7-11(14)3-4-12(10)17-2/h3-4,7H,5-6,8-9,15H2,1-2H3. The van der Waals surface area contributed by atoms with Crippen molar-refractivity contribution >= 4 is 11.6 Å². The van der Waals surface area contributed by atoms with Gasteiger partial charge in [-0.15, -0.1) is 0 Å². The maximum absolute atomic E-state index is 6.10. The maximum Gasteiger partial charge on any atom is 0.123 e. The Labute approximate surface area is 107 Å². The topological polar surface area (TPSA) is 38.5 Å². The number of nitrogens with zero attached hydrogens (tertiary/aromatic N) is 1. The van der Waals surface area contributed by atoms with E-state index < -0.39 is 0 Å². The van der Waals surface area contributed by atoms with Gasteiger partial charge in [-0.25, -0.2) is 0 Å². The number of rotatable bonds is 5. The molecule has 2 rings (SSSR count). The van der Waals surface area contributed by atoms with E-state index in [1.165, 1.54) is 0 Å². The molecule has 0 saturated heterocycles. The van der Waals surface area contributed by atoms with Gasteiger partial charge in [0.25, 0.3) is 0 Å². The average molecular weight is 255 g/mol. The lowest BCUT2D eigenvalue weighted by Gasteiger charge is -2.21. The molecule has 0 spiro atoms. The van der Waals surface area contributed by atoms with Crippen LogP contribution in [0, 0.1) is 0 Å². The maximum atomic E-state index is 6.10. The molecule has 0 unspecified atom stereocenters. The Balaban J connectivity index is 2.03. The zero-order chi connectivity index (χ0) is 12.5. The van der Waals surface area contributed by atoms with E-state index in [1.54, 1.807) is 7.11 Å². The fraction of sp³-hybridized carbons (Fsp3) is 0.538. The SMILES string of the molecule is COc1ccc(Cl)cc1CN(C)CC1(N)CC1. The van der Waals surface area contributed by atoms with Crippen molar-refractivity contribution in [3.05, 3.63) is 28.8 Å². The van der Waals surface area contributed by atoms with Gasteiger partial charge in [0.05, 0.1) is 7.11 Å². The van der Waals surface area contributed by atoms with Gasteiger partial charge in [0.2, 0.25) is 0 Å². The normalized spacial score (nSPS) is 17.2. The fourth-order valence-electron chi connectivity index (χ4n) is 2.07. The minimum atomic E-state index is 0.0422. The van der Waals surface area contributed by atoms with E-state index in [2.05, 4.69) is 11.9 Å². The summed E-state index contributed by atoms with van der Waals surface area (Å²) in [6, 6.07) is 5.70. The number of methoxy groups -OCH3 is 1. The lowest BCUT2D eigenvalue weighted by Crippen LogP contribution is -2.36. The number of benzene rings is 1. The van der Waals surface area contributed by atoms with E-state index in [0.717, 1.165) is 42.3 Å². The number of ether oxygens (including phenoxy) is 1. The van der Waals surface area contributed by atoms with Crippen LogP contribution in [0.1, 0.15) is 18.4 Å². The summed E-state index contributed by atoms with van der Waals surface area (Å²) in [5.41, 5.74) is 7.25. The summed E-state index contributed by atoms with van der Waals surface area (Å²) in [6.07, 6.45) is 2.26. The molecule has 3 nitrogen and oxygen atoms in total. The molecular weight excluding hydrogens is 236 g/mol. The van der Waals surface area contributed by atoms with Gasteiger partial charge in [-0.2, -0.15) is 0 Å². The van der Waals surface area contributed by atoms with E-state index in [9.17, 15) is 0 Å². The van der Waals surface area contributed by atoms with Crippen LogP contribution in [0.3, 0.4) is 0 Å². The van der Waals surface area contributed by atoms with Gasteiger partial charge < -0.3 is 15.4 Å². The third-order valence-corrected chi connectivity index (χ3v) is 3.39. The average Bonchev–Trinajstić information content (AvgIpc) is 2.96. The third-order valence-electron chi connectivity index (χ3n) is 3.16. The van der Waals surface area contributed by atoms with Crippen LogP contribution in [0.25, 0.3) is 0 Å². The Morgan fingerprint density at radius 2 is 2.18 bits per heavy atom. The fourth-order valence-corrected chi connectivity index (χ4v) is 2.27. The van der Waals surface area contributed by atoms with Crippen LogP contribution < -0.4 is 10.5 Å². The lowest BCUT2D eigenvalue weighted by molar-refractivity contribution is 0.289. The molecule has 0 heterocycles. The van der Waals surface area contributed by atoms with Crippen LogP contribution in [0.4, 0.5) is 0 Å². The van der Waals surface area contributed by atoms with Crippen molar-refractivity contribution in [2.75, 3.05) is 20.7 Å². The third kappa shape index (κ3) is 3.35. The summed E-state index contributed by atoms with van der Waals surface area (Å²) in [5, 5.41) is 0.739. The molecule has 1 saturated carbocycles. The molecule has 1 aromatic carbocycles. The van der Waals surface area contributed by atoms with Gasteiger partial charge >= 0.3 is 0 Å². The molecule has 0 bridgehead atoms. The minimum Gasteiger partial charge on any atom is -0.496 e. The molecule has 0 aromatic heterocycles. The monoisotopic (exact) mass is 254 g/mol. The van der Waals surface area contributed by atoms with E-state index in [0.29, 0.717) is 0 Å². The van der Waals surface area contributed by atoms with Crippen LogP contribution in [-0.4, -0.2) is 31.1 Å². The molecule has 0 atom stereocenters. The molecule has 4 heteroatoms. The smallest absolute Gasteiger partial charge is 0.123 e. The van der Waals surface area contributed by atoms with Crippen LogP contribution in [0.15, 0.2) is 18.2 Å². The molecule has 1 aliphatic rings.